The molecule has 3 rings (SSSR count). The van der Waals surface area contributed by atoms with Crippen molar-refractivity contribution in [2.24, 2.45) is 0 Å². The molecule has 0 unspecified atom stereocenters. The van der Waals surface area contributed by atoms with E-state index in [1.807, 2.05) is 0 Å². The lowest BCUT2D eigenvalue weighted by Gasteiger charge is -2.29. The molecule has 1 heterocycles. The number of carbonyl (C=O) groups excluding carboxylic acids is 1. The third kappa shape index (κ3) is 4.19. The van der Waals surface area contributed by atoms with Gasteiger partial charge < -0.3 is 4.90 Å². The zero-order valence-electron chi connectivity index (χ0n) is 13.4. The van der Waals surface area contributed by atoms with E-state index >= 15 is 0 Å². The van der Waals surface area contributed by atoms with Crippen molar-refractivity contribution >= 4 is 27.3 Å². The molecular weight excluding hydrogens is 365 g/mol. The summed E-state index contributed by atoms with van der Waals surface area (Å²) in [7, 11) is -3.15. The summed E-state index contributed by atoms with van der Waals surface area (Å²) in [5.74, 6) is -0.689. The molecule has 1 aliphatic rings. The lowest BCUT2D eigenvalue weighted by Crippen LogP contribution is -2.40. The SMILES string of the molecule is O=C(c1ccccc1Cl)N(Cc1ccc(F)cc1)[C@H]1CCS(=O)(=O)C1. The summed E-state index contributed by atoms with van der Waals surface area (Å²) >= 11 is 6.13. The van der Waals surface area contributed by atoms with Crippen LogP contribution in [0.1, 0.15) is 22.3 Å². The van der Waals surface area contributed by atoms with Gasteiger partial charge in [0, 0.05) is 12.6 Å². The molecule has 0 radical (unpaired) electrons. The van der Waals surface area contributed by atoms with Crippen LogP contribution in [0.2, 0.25) is 5.02 Å². The second kappa shape index (κ2) is 7.14. The van der Waals surface area contributed by atoms with Gasteiger partial charge in [-0.2, -0.15) is 0 Å². The van der Waals surface area contributed by atoms with Crippen molar-refractivity contribution in [3.8, 4) is 0 Å². The van der Waals surface area contributed by atoms with Gasteiger partial charge in [-0.1, -0.05) is 35.9 Å². The van der Waals surface area contributed by atoms with Gasteiger partial charge in [-0.05, 0) is 36.2 Å². The molecule has 1 aliphatic heterocycles. The Labute approximate surface area is 151 Å². The molecule has 0 aromatic heterocycles. The number of rotatable bonds is 4. The van der Waals surface area contributed by atoms with Crippen LogP contribution in [-0.2, 0) is 16.4 Å². The topological polar surface area (TPSA) is 54.5 Å². The maximum Gasteiger partial charge on any atom is 0.255 e. The fraction of sp³-hybridized carbons (Fsp3) is 0.278. The molecule has 0 spiro atoms. The first-order chi connectivity index (χ1) is 11.9. The van der Waals surface area contributed by atoms with Crippen molar-refractivity contribution in [2.45, 2.75) is 19.0 Å². The predicted molar refractivity (Wildman–Crippen MR) is 94.8 cm³/mol. The number of carbonyl (C=O) groups is 1. The molecule has 2 aromatic rings. The highest BCUT2D eigenvalue weighted by molar-refractivity contribution is 7.91. The van der Waals surface area contributed by atoms with Gasteiger partial charge in [-0.25, -0.2) is 12.8 Å². The Balaban J connectivity index is 1.92. The van der Waals surface area contributed by atoms with Crippen molar-refractivity contribution in [2.75, 3.05) is 11.5 Å². The van der Waals surface area contributed by atoms with E-state index in [0.29, 0.717) is 17.0 Å². The first kappa shape index (κ1) is 17.9. The molecule has 1 saturated heterocycles. The molecular formula is C18H17ClFNO3S. The van der Waals surface area contributed by atoms with Gasteiger partial charge in [0.2, 0.25) is 0 Å². The van der Waals surface area contributed by atoms with Gasteiger partial charge in [0.15, 0.2) is 9.84 Å². The molecule has 0 N–H and O–H groups in total. The van der Waals surface area contributed by atoms with Crippen molar-refractivity contribution in [3.05, 3.63) is 70.5 Å². The van der Waals surface area contributed by atoms with Crippen LogP contribution >= 0.6 is 11.6 Å². The summed E-state index contributed by atoms with van der Waals surface area (Å²) in [5.41, 5.74) is 1.06. The zero-order valence-corrected chi connectivity index (χ0v) is 14.9. The first-order valence-electron chi connectivity index (χ1n) is 7.86. The molecule has 4 nitrogen and oxygen atoms in total. The maximum atomic E-state index is 13.1. The number of hydrogen-bond donors (Lipinski definition) is 0. The molecule has 2 aromatic carbocycles. The number of hydrogen-bond acceptors (Lipinski definition) is 3. The lowest BCUT2D eigenvalue weighted by molar-refractivity contribution is 0.0681. The monoisotopic (exact) mass is 381 g/mol. The summed E-state index contributed by atoms with van der Waals surface area (Å²) in [6, 6.07) is 12.1. The number of sulfone groups is 1. The number of benzene rings is 2. The lowest BCUT2D eigenvalue weighted by atomic mass is 10.1. The molecule has 25 heavy (non-hydrogen) atoms. The normalized spacial score (nSPS) is 18.9. The van der Waals surface area contributed by atoms with E-state index in [0.717, 1.165) is 5.56 Å². The molecule has 7 heteroatoms. The highest BCUT2D eigenvalue weighted by atomic mass is 35.5. The van der Waals surface area contributed by atoms with Gasteiger partial charge in [0.25, 0.3) is 5.91 Å². The largest absolute Gasteiger partial charge is 0.330 e. The van der Waals surface area contributed by atoms with E-state index in [1.54, 1.807) is 36.4 Å². The van der Waals surface area contributed by atoms with Crippen molar-refractivity contribution in [3.63, 3.8) is 0 Å². The quantitative estimate of drug-likeness (QED) is 0.816. The highest BCUT2D eigenvalue weighted by Gasteiger charge is 2.35. The molecule has 1 fully saturated rings. The van der Waals surface area contributed by atoms with Crippen molar-refractivity contribution in [1.29, 1.82) is 0 Å². The van der Waals surface area contributed by atoms with E-state index in [2.05, 4.69) is 0 Å². The summed E-state index contributed by atoms with van der Waals surface area (Å²) in [4.78, 5) is 14.5. The Hall–Kier alpha value is -1.92. The van der Waals surface area contributed by atoms with Crippen LogP contribution in [0.4, 0.5) is 4.39 Å². The smallest absolute Gasteiger partial charge is 0.255 e. The molecule has 1 amide bonds. The van der Waals surface area contributed by atoms with Crippen LogP contribution in [0.3, 0.4) is 0 Å². The Bertz CT molecular complexity index is 883. The second-order valence-corrected chi connectivity index (χ2v) is 8.73. The average molecular weight is 382 g/mol. The molecule has 1 atom stereocenters. The number of nitrogens with zero attached hydrogens (tertiary/aromatic N) is 1. The number of halogens is 2. The third-order valence-corrected chi connectivity index (χ3v) is 6.36. The van der Waals surface area contributed by atoms with Gasteiger partial charge in [0.1, 0.15) is 5.82 Å². The second-order valence-electron chi connectivity index (χ2n) is 6.10. The fourth-order valence-electron chi connectivity index (χ4n) is 2.96. The minimum Gasteiger partial charge on any atom is -0.330 e. The molecule has 0 saturated carbocycles. The third-order valence-electron chi connectivity index (χ3n) is 4.28. The predicted octanol–water partition coefficient (Wildman–Crippen LogP) is 3.31. The Kier molecular flexibility index (Phi) is 5.11. The average Bonchev–Trinajstić information content (AvgIpc) is 2.94. The maximum absolute atomic E-state index is 13.1. The standard InChI is InChI=1S/C18H17ClFNO3S/c19-17-4-2-1-3-16(17)18(22)21(15-9-10-25(23,24)12-15)11-13-5-7-14(20)8-6-13/h1-8,15H,9-12H2/t15-/m0/s1. The van der Waals surface area contributed by atoms with Crippen molar-refractivity contribution in [1.82, 2.24) is 4.90 Å². The van der Waals surface area contributed by atoms with Gasteiger partial charge in [-0.3, -0.25) is 4.79 Å². The Morgan fingerprint density at radius 3 is 2.44 bits per heavy atom. The van der Waals surface area contributed by atoms with E-state index in [9.17, 15) is 17.6 Å². The van der Waals surface area contributed by atoms with Crippen LogP contribution < -0.4 is 0 Å². The van der Waals surface area contributed by atoms with E-state index in [-0.39, 0.29) is 29.8 Å². The Morgan fingerprint density at radius 2 is 1.84 bits per heavy atom. The summed E-state index contributed by atoms with van der Waals surface area (Å²) in [6.45, 7) is 0.199. The minimum atomic E-state index is -3.15. The summed E-state index contributed by atoms with van der Waals surface area (Å²) < 4.78 is 36.8. The minimum absolute atomic E-state index is 0.0629. The van der Waals surface area contributed by atoms with Crippen molar-refractivity contribution < 1.29 is 17.6 Å². The van der Waals surface area contributed by atoms with E-state index in [1.165, 1.54) is 17.0 Å². The van der Waals surface area contributed by atoms with E-state index < -0.39 is 15.9 Å². The van der Waals surface area contributed by atoms with Gasteiger partial charge in [-0.15, -0.1) is 0 Å². The van der Waals surface area contributed by atoms with Crippen LogP contribution in [0.5, 0.6) is 0 Å². The van der Waals surface area contributed by atoms with Crippen LogP contribution in [0.15, 0.2) is 48.5 Å². The molecule has 0 bridgehead atoms. The Morgan fingerprint density at radius 1 is 1.16 bits per heavy atom. The number of amides is 1. The van der Waals surface area contributed by atoms with Crippen LogP contribution in [0.25, 0.3) is 0 Å². The summed E-state index contributed by atoms with van der Waals surface area (Å²) in [6.07, 6.45) is 0.389. The highest BCUT2D eigenvalue weighted by Crippen LogP contribution is 2.25. The fourth-order valence-corrected chi connectivity index (χ4v) is 4.91. The van der Waals surface area contributed by atoms with Crippen LogP contribution in [-0.4, -0.2) is 36.8 Å². The zero-order chi connectivity index (χ0) is 18.0. The van der Waals surface area contributed by atoms with Crippen LogP contribution in [0, 0.1) is 5.82 Å². The van der Waals surface area contributed by atoms with Gasteiger partial charge >= 0.3 is 0 Å². The molecule has 132 valence electrons. The van der Waals surface area contributed by atoms with E-state index in [4.69, 9.17) is 11.6 Å². The molecule has 0 aliphatic carbocycles. The first-order valence-corrected chi connectivity index (χ1v) is 10.1. The van der Waals surface area contributed by atoms with Gasteiger partial charge in [0.05, 0.1) is 22.1 Å². The summed E-state index contributed by atoms with van der Waals surface area (Å²) in [5, 5.41) is 0.317.